The molecule has 3 unspecified atom stereocenters. The van der Waals surface area contributed by atoms with E-state index in [0.29, 0.717) is 37.2 Å². The minimum atomic E-state index is -1.36. The van der Waals surface area contributed by atoms with Gasteiger partial charge in [0.2, 0.25) is 0 Å². The first-order valence-electron chi connectivity index (χ1n) is 25.8. The number of unbranched alkanes of at least 4 members (excludes halogenated alkanes) is 12. The van der Waals surface area contributed by atoms with E-state index >= 15 is 0 Å². The number of nitrogens with zero attached hydrogens (tertiary/aromatic N) is 1. The maximum atomic E-state index is 13.7. The van der Waals surface area contributed by atoms with Crippen LogP contribution in [0.4, 0.5) is 0 Å². The first-order chi connectivity index (χ1) is 31.7. The molecule has 15 heteroatoms. The Morgan fingerprint density at radius 1 is 0.606 bits per heavy atom. The lowest BCUT2D eigenvalue weighted by molar-refractivity contribution is -0.169. The van der Waals surface area contributed by atoms with Gasteiger partial charge in [-0.2, -0.15) is 0 Å². The highest BCUT2D eigenvalue weighted by molar-refractivity contribution is 8.77. The maximum absolute atomic E-state index is 13.7. The predicted molar refractivity (Wildman–Crippen MR) is 267 cm³/mol. The van der Waals surface area contributed by atoms with Crippen molar-refractivity contribution < 1.29 is 52.5 Å². The first-order valence-corrected chi connectivity index (χ1v) is 28.1. The number of rotatable bonds is 42. The lowest BCUT2D eigenvalue weighted by Crippen LogP contribution is -2.49. The van der Waals surface area contributed by atoms with Crippen LogP contribution in [0.5, 0.6) is 0 Å². The summed E-state index contributed by atoms with van der Waals surface area (Å²) in [6, 6.07) is 0. The van der Waals surface area contributed by atoms with E-state index in [1.165, 1.54) is 63.5 Å². The molecule has 0 aliphatic carbocycles. The Morgan fingerprint density at radius 3 is 1.79 bits per heavy atom. The normalized spacial score (nSPS) is 15.2. The van der Waals surface area contributed by atoms with Gasteiger partial charge in [-0.1, -0.05) is 146 Å². The van der Waals surface area contributed by atoms with Crippen LogP contribution in [0.25, 0.3) is 0 Å². The fourth-order valence-corrected chi connectivity index (χ4v) is 10.6. The van der Waals surface area contributed by atoms with E-state index in [2.05, 4.69) is 26.1 Å². The number of carbonyl (C=O) groups is 6. The molecule has 13 nitrogen and oxygen atoms in total. The Balaban J connectivity index is 2.76. The second-order valence-corrected chi connectivity index (χ2v) is 21.9. The van der Waals surface area contributed by atoms with E-state index in [-0.39, 0.29) is 57.8 Å². The number of carbonyl (C=O) groups excluding carboxylic acids is 6. The number of ether oxygens (including phenoxy) is 5. The molecule has 0 radical (unpaired) electrons. The van der Waals surface area contributed by atoms with Gasteiger partial charge >= 0.3 is 29.8 Å². The summed E-state index contributed by atoms with van der Waals surface area (Å²) in [4.78, 5) is 79.6. The van der Waals surface area contributed by atoms with Crippen LogP contribution >= 0.6 is 21.6 Å². The zero-order valence-corrected chi connectivity index (χ0v) is 44.0. The van der Waals surface area contributed by atoms with E-state index < -0.39 is 47.4 Å². The molecule has 1 N–H and O–H groups in total. The number of hydrogen-bond donors (Lipinski definition) is 1. The van der Waals surface area contributed by atoms with Crippen LogP contribution in [-0.2, 0) is 52.5 Å². The molecule has 0 aromatic rings. The smallest absolute Gasteiger partial charge is 0.307 e. The molecule has 384 valence electrons. The number of amides is 1. The number of hydrogen-bond acceptors (Lipinski definition) is 14. The van der Waals surface area contributed by atoms with Gasteiger partial charge in [-0.05, 0) is 71.4 Å². The Hall–Kier alpha value is -2.52. The van der Waals surface area contributed by atoms with Crippen LogP contribution in [0.2, 0.25) is 0 Å². The van der Waals surface area contributed by atoms with Gasteiger partial charge in [0.1, 0.15) is 19.3 Å². The third-order valence-corrected chi connectivity index (χ3v) is 14.9. The van der Waals surface area contributed by atoms with Gasteiger partial charge in [0.25, 0.3) is 5.91 Å². The van der Waals surface area contributed by atoms with Gasteiger partial charge in [-0.3, -0.25) is 28.8 Å². The molecule has 0 bridgehead atoms. The van der Waals surface area contributed by atoms with Gasteiger partial charge in [-0.25, -0.2) is 0 Å². The van der Waals surface area contributed by atoms with Crippen molar-refractivity contribution in [3.63, 3.8) is 0 Å². The van der Waals surface area contributed by atoms with Crippen LogP contribution in [-0.4, -0.2) is 111 Å². The molecule has 0 aromatic heterocycles. The molecule has 1 saturated heterocycles. The van der Waals surface area contributed by atoms with Gasteiger partial charge in [0.05, 0.1) is 19.4 Å². The zero-order chi connectivity index (χ0) is 48.8. The summed E-state index contributed by atoms with van der Waals surface area (Å²) in [5, 5.41) is 3.40. The van der Waals surface area contributed by atoms with E-state index in [1.54, 1.807) is 13.8 Å². The summed E-state index contributed by atoms with van der Waals surface area (Å²) in [6.07, 6.45) is 21.1. The molecule has 1 amide bonds. The second kappa shape index (κ2) is 39.3. The van der Waals surface area contributed by atoms with Crippen LogP contribution in [0.1, 0.15) is 208 Å². The van der Waals surface area contributed by atoms with Crippen molar-refractivity contribution in [1.29, 1.82) is 0 Å². The van der Waals surface area contributed by atoms with Crippen molar-refractivity contribution in [2.24, 2.45) is 11.3 Å². The van der Waals surface area contributed by atoms with E-state index in [0.717, 1.165) is 70.6 Å². The fraction of sp³-hybridized carbons (Fsp3) is 0.882. The molecule has 0 aromatic carbocycles. The van der Waals surface area contributed by atoms with Crippen LogP contribution in [0, 0.1) is 11.3 Å². The lowest BCUT2D eigenvalue weighted by atomic mass is 9.86. The van der Waals surface area contributed by atoms with Gasteiger partial charge in [0.15, 0.2) is 6.10 Å². The summed E-state index contributed by atoms with van der Waals surface area (Å²) in [5.41, 5.74) is -1.13. The zero-order valence-electron chi connectivity index (χ0n) is 42.4. The fourth-order valence-electron chi connectivity index (χ4n) is 7.60. The van der Waals surface area contributed by atoms with E-state index in [9.17, 15) is 28.8 Å². The van der Waals surface area contributed by atoms with Crippen LogP contribution in [0.15, 0.2) is 0 Å². The summed E-state index contributed by atoms with van der Waals surface area (Å²) >= 11 is 0. The molecule has 66 heavy (non-hydrogen) atoms. The molecule has 1 heterocycles. The standard InChI is InChI=1S/C51H92N2O11S2/c1-8-11-14-17-18-20-26-41(25-19-15-12-9-2)38-60-45(55)32-35-52-50(59)49(51(4,5)40-62-46(56)33-36-53(6)7)64-48(58)31-24-30-44(54)61-39-42(27-21-16-13-10-3)63-47(57)29-23-22-28-43-34-37-65-66-43/h41-43,49H,8-40H2,1-7H3,(H,52,59)/t41?,42?,43?,49-/m0/s1. The van der Waals surface area contributed by atoms with Gasteiger partial charge in [0, 0.05) is 48.8 Å². The molecule has 1 aliphatic heterocycles. The van der Waals surface area contributed by atoms with Crippen molar-refractivity contribution in [2.45, 2.75) is 225 Å². The molecule has 0 spiro atoms. The largest absolute Gasteiger partial charge is 0.465 e. The number of nitrogens with one attached hydrogen (secondary N) is 1. The second-order valence-electron chi connectivity index (χ2n) is 19.1. The Labute approximate surface area is 407 Å². The average Bonchev–Trinajstić information content (AvgIpc) is 3.81. The lowest BCUT2D eigenvalue weighted by Gasteiger charge is -2.32. The molecule has 1 aliphatic rings. The molecule has 0 saturated carbocycles. The number of esters is 5. The van der Waals surface area contributed by atoms with Crippen molar-refractivity contribution in [1.82, 2.24) is 10.2 Å². The predicted octanol–water partition coefficient (Wildman–Crippen LogP) is 11.1. The van der Waals surface area contributed by atoms with Crippen molar-refractivity contribution in [3.05, 3.63) is 0 Å². The highest BCUT2D eigenvalue weighted by Gasteiger charge is 2.40. The summed E-state index contributed by atoms with van der Waals surface area (Å²) in [6.45, 7) is 10.4. The molecular weight excluding hydrogens is 881 g/mol. The summed E-state index contributed by atoms with van der Waals surface area (Å²) < 4.78 is 28.3. The Bertz CT molecular complexity index is 1330. The third kappa shape index (κ3) is 33.1. The minimum Gasteiger partial charge on any atom is -0.465 e. The van der Waals surface area contributed by atoms with Crippen molar-refractivity contribution >= 4 is 57.3 Å². The van der Waals surface area contributed by atoms with Crippen molar-refractivity contribution in [3.8, 4) is 0 Å². The topological polar surface area (TPSA) is 164 Å². The monoisotopic (exact) mass is 973 g/mol. The summed E-state index contributed by atoms with van der Waals surface area (Å²) in [5.74, 6) is -1.50. The molecule has 1 fully saturated rings. The first kappa shape index (κ1) is 61.5. The quantitative estimate of drug-likeness (QED) is 0.0266. The highest BCUT2D eigenvalue weighted by atomic mass is 33.1. The van der Waals surface area contributed by atoms with Gasteiger partial charge < -0.3 is 33.9 Å². The SMILES string of the molecule is CCCCCCCCC(CCCCCC)COC(=O)CCNC(=O)[C@H](OC(=O)CCCC(=O)OCC(CCCCCC)OC(=O)CCCCC1CCSS1)C(C)(C)COC(=O)CCN(C)C. The minimum absolute atomic E-state index is 0.0251. The molecular formula is C51H92N2O11S2. The summed E-state index contributed by atoms with van der Waals surface area (Å²) in [7, 11) is 7.55. The Morgan fingerprint density at radius 2 is 1.15 bits per heavy atom. The molecule has 4 atom stereocenters. The average molecular weight is 973 g/mol. The maximum Gasteiger partial charge on any atom is 0.307 e. The van der Waals surface area contributed by atoms with Gasteiger partial charge in [-0.15, -0.1) is 0 Å². The van der Waals surface area contributed by atoms with Crippen LogP contribution < -0.4 is 5.32 Å². The third-order valence-electron chi connectivity index (χ3n) is 11.9. The molecule has 1 rings (SSSR count). The van der Waals surface area contributed by atoms with Crippen LogP contribution in [0.3, 0.4) is 0 Å². The van der Waals surface area contributed by atoms with E-state index in [1.807, 2.05) is 40.6 Å². The highest BCUT2D eigenvalue weighted by Crippen LogP contribution is 2.40. The van der Waals surface area contributed by atoms with Crippen molar-refractivity contribution in [2.75, 3.05) is 52.8 Å². The van der Waals surface area contributed by atoms with E-state index in [4.69, 9.17) is 23.7 Å². The Kier molecular flexibility index (Phi) is 36.7.